The molecular weight excluding hydrogens is 236 g/mol. The van der Waals surface area contributed by atoms with Crippen molar-refractivity contribution >= 4 is 11.9 Å². The second kappa shape index (κ2) is 6.95. The summed E-state index contributed by atoms with van der Waals surface area (Å²) >= 11 is 0. The molecule has 6 nitrogen and oxygen atoms in total. The molecule has 0 aromatic carbocycles. The van der Waals surface area contributed by atoms with E-state index in [9.17, 15) is 9.59 Å². The summed E-state index contributed by atoms with van der Waals surface area (Å²) in [4.78, 5) is 26.7. The molecule has 0 aliphatic heterocycles. The van der Waals surface area contributed by atoms with E-state index in [4.69, 9.17) is 0 Å². The maximum Gasteiger partial charge on any atom is 0.354 e. The van der Waals surface area contributed by atoms with Crippen LogP contribution in [0, 0.1) is 0 Å². The van der Waals surface area contributed by atoms with Crippen molar-refractivity contribution in [2.45, 2.75) is 0 Å². The van der Waals surface area contributed by atoms with E-state index < -0.39 is 0 Å². The first-order valence-corrected chi connectivity index (χ1v) is 5.12. The predicted molar refractivity (Wildman–Crippen MR) is 64.3 cm³/mol. The summed E-state index contributed by atoms with van der Waals surface area (Å²) < 4.78 is 8.85. The maximum absolute atomic E-state index is 10.6. The molecule has 0 amide bonds. The first-order chi connectivity index (χ1) is 8.69. The third-order valence-corrected chi connectivity index (χ3v) is 2.01. The predicted octanol–water partition coefficient (Wildman–Crippen LogP) is 1.60. The Morgan fingerprint density at radius 3 is 1.50 bits per heavy atom. The Hall–Kier alpha value is -2.50. The highest BCUT2D eigenvalue weighted by Crippen LogP contribution is 1.95. The molecule has 0 saturated carbocycles. The molecule has 0 bridgehead atoms. The quantitative estimate of drug-likeness (QED) is 0.793. The van der Waals surface area contributed by atoms with Crippen LogP contribution in [0.4, 0.5) is 0 Å². The number of ether oxygens (including phenoxy) is 2. The SMILES string of the molecule is COC(=O)c1ccc[nH]1.COC(=O)c1ccc[nH]1. The number of esters is 2. The van der Waals surface area contributed by atoms with Gasteiger partial charge in [-0.15, -0.1) is 0 Å². The third kappa shape index (κ3) is 3.82. The van der Waals surface area contributed by atoms with Gasteiger partial charge in [0.25, 0.3) is 0 Å². The topological polar surface area (TPSA) is 84.2 Å². The van der Waals surface area contributed by atoms with E-state index in [1.54, 1.807) is 36.7 Å². The molecule has 2 aromatic rings. The highest BCUT2D eigenvalue weighted by molar-refractivity contribution is 5.87. The molecule has 0 aliphatic carbocycles. The minimum atomic E-state index is -0.333. The van der Waals surface area contributed by atoms with Crippen LogP contribution in [0.1, 0.15) is 21.0 Å². The highest BCUT2D eigenvalue weighted by Gasteiger charge is 2.02. The van der Waals surface area contributed by atoms with Crippen LogP contribution in [0.3, 0.4) is 0 Å². The van der Waals surface area contributed by atoms with Gasteiger partial charge >= 0.3 is 11.9 Å². The minimum Gasteiger partial charge on any atom is -0.464 e. The van der Waals surface area contributed by atoms with Crippen LogP contribution < -0.4 is 0 Å². The number of aromatic amines is 2. The van der Waals surface area contributed by atoms with Crippen molar-refractivity contribution in [3.05, 3.63) is 48.0 Å². The van der Waals surface area contributed by atoms with E-state index in [-0.39, 0.29) is 11.9 Å². The Morgan fingerprint density at radius 2 is 1.28 bits per heavy atom. The Morgan fingerprint density at radius 1 is 0.889 bits per heavy atom. The number of hydrogen-bond acceptors (Lipinski definition) is 4. The molecule has 0 spiro atoms. The molecule has 0 unspecified atom stereocenters. The number of H-pyrrole nitrogens is 2. The molecule has 0 fully saturated rings. The summed E-state index contributed by atoms with van der Waals surface area (Å²) in [7, 11) is 2.70. The van der Waals surface area contributed by atoms with E-state index in [0.717, 1.165) is 0 Å². The van der Waals surface area contributed by atoms with Crippen LogP contribution in [0.2, 0.25) is 0 Å². The van der Waals surface area contributed by atoms with Crippen LogP contribution in [-0.4, -0.2) is 36.1 Å². The minimum absolute atomic E-state index is 0.333. The fraction of sp³-hybridized carbons (Fsp3) is 0.167. The zero-order chi connectivity index (χ0) is 13.4. The summed E-state index contributed by atoms with van der Waals surface area (Å²) in [5.74, 6) is -0.667. The first-order valence-electron chi connectivity index (χ1n) is 5.12. The Bertz CT molecular complexity index is 428. The summed E-state index contributed by atoms with van der Waals surface area (Å²) in [5, 5.41) is 0. The lowest BCUT2D eigenvalue weighted by Crippen LogP contribution is -2.00. The van der Waals surface area contributed by atoms with Gasteiger partial charge in [0.2, 0.25) is 0 Å². The van der Waals surface area contributed by atoms with Crippen molar-refractivity contribution in [2.75, 3.05) is 14.2 Å². The third-order valence-electron chi connectivity index (χ3n) is 2.01. The molecule has 6 heteroatoms. The number of methoxy groups -OCH3 is 2. The molecule has 0 atom stereocenters. The normalized spacial score (nSPS) is 9.00. The van der Waals surface area contributed by atoms with E-state index in [0.29, 0.717) is 11.4 Å². The van der Waals surface area contributed by atoms with E-state index in [2.05, 4.69) is 19.4 Å². The van der Waals surface area contributed by atoms with Crippen LogP contribution in [0.25, 0.3) is 0 Å². The molecule has 2 heterocycles. The van der Waals surface area contributed by atoms with Crippen molar-refractivity contribution in [2.24, 2.45) is 0 Å². The van der Waals surface area contributed by atoms with Crippen LogP contribution in [-0.2, 0) is 9.47 Å². The molecule has 0 aliphatic rings. The van der Waals surface area contributed by atoms with Crippen molar-refractivity contribution < 1.29 is 19.1 Å². The molecular formula is C12H14N2O4. The van der Waals surface area contributed by atoms with Crippen LogP contribution >= 0.6 is 0 Å². The largest absolute Gasteiger partial charge is 0.464 e. The molecule has 0 radical (unpaired) electrons. The van der Waals surface area contributed by atoms with Gasteiger partial charge in [-0.1, -0.05) is 0 Å². The van der Waals surface area contributed by atoms with E-state index in [1.807, 2.05) is 0 Å². The van der Waals surface area contributed by atoms with Gasteiger partial charge in [0.15, 0.2) is 0 Å². The summed E-state index contributed by atoms with van der Waals surface area (Å²) in [6.07, 6.45) is 3.35. The highest BCUT2D eigenvalue weighted by atomic mass is 16.5. The van der Waals surface area contributed by atoms with E-state index >= 15 is 0 Å². The van der Waals surface area contributed by atoms with Gasteiger partial charge in [-0.3, -0.25) is 0 Å². The van der Waals surface area contributed by atoms with Crippen molar-refractivity contribution in [1.82, 2.24) is 9.97 Å². The number of carbonyl (C=O) groups is 2. The number of carbonyl (C=O) groups excluding carboxylic acids is 2. The lowest BCUT2D eigenvalue weighted by atomic mass is 10.4. The second-order valence-corrected chi connectivity index (χ2v) is 3.15. The van der Waals surface area contributed by atoms with Gasteiger partial charge < -0.3 is 19.4 Å². The van der Waals surface area contributed by atoms with E-state index in [1.165, 1.54) is 14.2 Å². The Balaban J connectivity index is 0.000000180. The molecule has 18 heavy (non-hydrogen) atoms. The van der Waals surface area contributed by atoms with Crippen molar-refractivity contribution in [3.8, 4) is 0 Å². The lowest BCUT2D eigenvalue weighted by Gasteiger charge is -1.91. The van der Waals surface area contributed by atoms with Gasteiger partial charge in [-0.2, -0.15) is 0 Å². The van der Waals surface area contributed by atoms with Crippen LogP contribution in [0.5, 0.6) is 0 Å². The fourth-order valence-electron chi connectivity index (χ4n) is 1.13. The average Bonchev–Trinajstić information content (AvgIpc) is 3.09. The van der Waals surface area contributed by atoms with Gasteiger partial charge in [-0.05, 0) is 24.3 Å². The van der Waals surface area contributed by atoms with Gasteiger partial charge in [-0.25, -0.2) is 9.59 Å². The second-order valence-electron chi connectivity index (χ2n) is 3.15. The summed E-state index contributed by atoms with van der Waals surface area (Å²) in [6.45, 7) is 0. The molecule has 0 saturated heterocycles. The van der Waals surface area contributed by atoms with Gasteiger partial charge in [0.05, 0.1) is 14.2 Å². The zero-order valence-corrected chi connectivity index (χ0v) is 10.1. The monoisotopic (exact) mass is 250 g/mol. The van der Waals surface area contributed by atoms with Crippen molar-refractivity contribution in [1.29, 1.82) is 0 Å². The summed E-state index contributed by atoms with van der Waals surface area (Å²) in [5.41, 5.74) is 0.968. The standard InChI is InChI=1S/2C6H7NO2/c2*1-9-6(8)5-3-2-4-7-5/h2*2-4,7H,1H3. The number of nitrogens with one attached hydrogen (secondary N) is 2. The lowest BCUT2D eigenvalue weighted by molar-refractivity contribution is 0.0586. The molecule has 2 aromatic heterocycles. The van der Waals surface area contributed by atoms with Crippen molar-refractivity contribution in [3.63, 3.8) is 0 Å². The first kappa shape index (κ1) is 13.6. The maximum atomic E-state index is 10.6. The average molecular weight is 250 g/mol. The zero-order valence-electron chi connectivity index (χ0n) is 10.1. The molecule has 2 rings (SSSR count). The number of hydrogen-bond donors (Lipinski definition) is 2. The molecule has 2 N–H and O–H groups in total. The van der Waals surface area contributed by atoms with Gasteiger partial charge in [0, 0.05) is 12.4 Å². The number of rotatable bonds is 2. The Labute approximate surface area is 104 Å². The van der Waals surface area contributed by atoms with Gasteiger partial charge in [0.1, 0.15) is 11.4 Å². The summed E-state index contributed by atoms with van der Waals surface area (Å²) in [6, 6.07) is 6.80. The molecule has 96 valence electrons. The van der Waals surface area contributed by atoms with Crippen LogP contribution in [0.15, 0.2) is 36.7 Å². The Kier molecular flexibility index (Phi) is 5.24. The smallest absolute Gasteiger partial charge is 0.354 e. The fourth-order valence-corrected chi connectivity index (χ4v) is 1.13. The number of aromatic nitrogens is 2.